The Labute approximate surface area is 129 Å². The summed E-state index contributed by atoms with van der Waals surface area (Å²) >= 11 is 0. The molecule has 0 bridgehead atoms. The average molecular weight is 295 g/mol. The predicted molar refractivity (Wildman–Crippen MR) is 83.0 cm³/mol. The maximum atomic E-state index is 8.79. The minimum absolute atomic E-state index is 0.0672. The van der Waals surface area contributed by atoms with Crippen LogP contribution in [0.2, 0.25) is 0 Å². The molecule has 1 aromatic carbocycles. The summed E-state index contributed by atoms with van der Waals surface area (Å²) < 4.78 is 11.4. The van der Waals surface area contributed by atoms with Crippen LogP contribution < -0.4 is 14.8 Å². The molecule has 0 saturated carbocycles. The number of nitrogens with one attached hydrogen (secondary N) is 1. The molecule has 0 aliphatic carbocycles. The molecule has 5 heteroatoms. The lowest BCUT2D eigenvalue weighted by atomic mass is 10.1. The van der Waals surface area contributed by atoms with Crippen molar-refractivity contribution in [2.75, 3.05) is 18.5 Å². The fourth-order valence-electron chi connectivity index (χ4n) is 2.30. The maximum Gasteiger partial charge on any atom is 0.161 e. The molecular weight excluding hydrogens is 278 g/mol. The first-order chi connectivity index (χ1) is 10.8. The summed E-state index contributed by atoms with van der Waals surface area (Å²) in [6.07, 6.45) is 2.45. The van der Waals surface area contributed by atoms with Gasteiger partial charge in [-0.3, -0.25) is 0 Å². The number of fused-ring (bicyclic) bond motifs is 1. The molecule has 22 heavy (non-hydrogen) atoms. The molecule has 1 aliphatic heterocycles. The van der Waals surface area contributed by atoms with Crippen molar-refractivity contribution in [3.8, 4) is 17.6 Å². The third kappa shape index (κ3) is 3.12. The van der Waals surface area contributed by atoms with Crippen molar-refractivity contribution >= 4 is 5.82 Å². The second kappa shape index (κ2) is 6.35. The first-order valence-electron chi connectivity index (χ1n) is 7.28. The molecule has 1 aliphatic rings. The highest BCUT2D eigenvalue weighted by Gasteiger charge is 2.13. The molecule has 2 aromatic rings. The number of nitriles is 1. The van der Waals surface area contributed by atoms with E-state index >= 15 is 0 Å². The number of anilines is 1. The Morgan fingerprint density at radius 2 is 2.00 bits per heavy atom. The van der Waals surface area contributed by atoms with E-state index in [0.29, 0.717) is 18.8 Å². The third-order valence-electron chi connectivity index (χ3n) is 3.53. The van der Waals surface area contributed by atoms with Crippen LogP contribution in [-0.4, -0.2) is 18.2 Å². The first kappa shape index (κ1) is 14.2. The standard InChI is InChI=1S/C17H17N3O2/c1-12(20-17-6-3-13(10-18)11-19-17)14-4-5-15-16(9-14)22-8-2-7-21-15/h3-6,9,11-12H,2,7-8H2,1H3,(H,19,20)/t12-/m0/s1. The zero-order chi connectivity index (χ0) is 15.4. The molecule has 1 aromatic heterocycles. The van der Waals surface area contributed by atoms with E-state index in [-0.39, 0.29) is 6.04 Å². The van der Waals surface area contributed by atoms with Crippen LogP contribution in [0.1, 0.15) is 30.5 Å². The zero-order valence-electron chi connectivity index (χ0n) is 12.4. The van der Waals surface area contributed by atoms with Gasteiger partial charge < -0.3 is 14.8 Å². The highest BCUT2D eigenvalue weighted by atomic mass is 16.5. The maximum absolute atomic E-state index is 8.79. The fraction of sp³-hybridized carbons (Fsp3) is 0.294. The van der Waals surface area contributed by atoms with Gasteiger partial charge in [0.1, 0.15) is 11.9 Å². The van der Waals surface area contributed by atoms with E-state index in [9.17, 15) is 0 Å². The van der Waals surface area contributed by atoms with E-state index in [1.54, 1.807) is 18.3 Å². The van der Waals surface area contributed by atoms with Crippen LogP contribution in [0.3, 0.4) is 0 Å². The van der Waals surface area contributed by atoms with Crippen molar-refractivity contribution in [2.24, 2.45) is 0 Å². The number of pyridine rings is 1. The Morgan fingerprint density at radius 3 is 2.73 bits per heavy atom. The summed E-state index contributed by atoms with van der Waals surface area (Å²) in [5.74, 6) is 2.32. The van der Waals surface area contributed by atoms with Gasteiger partial charge in [-0.1, -0.05) is 6.07 Å². The highest BCUT2D eigenvalue weighted by molar-refractivity contribution is 5.47. The van der Waals surface area contributed by atoms with Gasteiger partial charge in [-0.15, -0.1) is 0 Å². The van der Waals surface area contributed by atoms with Gasteiger partial charge in [0.05, 0.1) is 24.8 Å². The summed E-state index contributed by atoms with van der Waals surface area (Å²) in [5.41, 5.74) is 1.64. The van der Waals surface area contributed by atoms with Gasteiger partial charge in [0.15, 0.2) is 11.5 Å². The number of aromatic nitrogens is 1. The van der Waals surface area contributed by atoms with E-state index in [1.165, 1.54) is 0 Å². The summed E-state index contributed by atoms with van der Waals surface area (Å²) in [4.78, 5) is 4.23. The van der Waals surface area contributed by atoms with E-state index < -0.39 is 0 Å². The van der Waals surface area contributed by atoms with Crippen LogP contribution in [-0.2, 0) is 0 Å². The SMILES string of the molecule is C[C@H](Nc1ccc(C#N)cn1)c1ccc2c(c1)OCCCO2. The van der Waals surface area contributed by atoms with Crippen molar-refractivity contribution in [3.63, 3.8) is 0 Å². The smallest absolute Gasteiger partial charge is 0.161 e. The molecule has 0 unspecified atom stereocenters. The molecule has 2 heterocycles. The monoisotopic (exact) mass is 295 g/mol. The van der Waals surface area contributed by atoms with E-state index in [2.05, 4.69) is 23.3 Å². The number of hydrogen-bond donors (Lipinski definition) is 1. The molecule has 0 amide bonds. The van der Waals surface area contributed by atoms with Gasteiger partial charge in [0.2, 0.25) is 0 Å². The fourth-order valence-corrected chi connectivity index (χ4v) is 2.30. The Morgan fingerprint density at radius 1 is 1.18 bits per heavy atom. The van der Waals surface area contributed by atoms with Gasteiger partial charge >= 0.3 is 0 Å². The third-order valence-corrected chi connectivity index (χ3v) is 3.53. The van der Waals surface area contributed by atoms with Crippen molar-refractivity contribution < 1.29 is 9.47 Å². The second-order valence-corrected chi connectivity index (χ2v) is 5.17. The van der Waals surface area contributed by atoms with Crippen LogP contribution in [0.15, 0.2) is 36.5 Å². The summed E-state index contributed by atoms with van der Waals surface area (Å²) in [7, 11) is 0. The van der Waals surface area contributed by atoms with Crippen LogP contribution in [0, 0.1) is 11.3 Å². The number of benzene rings is 1. The van der Waals surface area contributed by atoms with Crippen molar-refractivity contribution in [3.05, 3.63) is 47.7 Å². The number of nitrogens with zero attached hydrogens (tertiary/aromatic N) is 2. The van der Waals surface area contributed by atoms with Crippen LogP contribution in [0.5, 0.6) is 11.5 Å². The molecule has 1 atom stereocenters. The van der Waals surface area contributed by atoms with Crippen LogP contribution in [0.25, 0.3) is 0 Å². The van der Waals surface area contributed by atoms with Gasteiger partial charge in [-0.25, -0.2) is 4.98 Å². The lowest BCUT2D eigenvalue weighted by Gasteiger charge is -2.17. The lowest BCUT2D eigenvalue weighted by molar-refractivity contribution is 0.297. The molecule has 5 nitrogen and oxygen atoms in total. The highest BCUT2D eigenvalue weighted by Crippen LogP contribution is 2.32. The lowest BCUT2D eigenvalue weighted by Crippen LogP contribution is -2.08. The molecule has 0 saturated heterocycles. The van der Waals surface area contributed by atoms with Crippen LogP contribution in [0.4, 0.5) is 5.82 Å². The molecular formula is C17H17N3O2. The van der Waals surface area contributed by atoms with Crippen molar-refractivity contribution in [1.82, 2.24) is 4.98 Å². The molecule has 112 valence electrons. The van der Waals surface area contributed by atoms with E-state index in [0.717, 1.165) is 29.3 Å². The summed E-state index contributed by atoms with van der Waals surface area (Å²) in [6, 6.07) is 11.6. The minimum atomic E-state index is 0.0672. The van der Waals surface area contributed by atoms with Crippen molar-refractivity contribution in [1.29, 1.82) is 5.26 Å². The summed E-state index contributed by atoms with van der Waals surface area (Å²) in [5, 5.41) is 12.1. The number of rotatable bonds is 3. The molecule has 0 spiro atoms. The second-order valence-electron chi connectivity index (χ2n) is 5.17. The Balaban J connectivity index is 1.75. The largest absolute Gasteiger partial charge is 0.490 e. The van der Waals surface area contributed by atoms with Crippen molar-refractivity contribution in [2.45, 2.75) is 19.4 Å². The Hall–Kier alpha value is -2.74. The first-order valence-corrected chi connectivity index (χ1v) is 7.28. The number of hydrogen-bond acceptors (Lipinski definition) is 5. The van der Waals surface area contributed by atoms with Gasteiger partial charge in [-0.2, -0.15) is 5.26 Å². The Bertz CT molecular complexity index is 692. The number of ether oxygens (including phenoxy) is 2. The van der Waals surface area contributed by atoms with E-state index in [4.69, 9.17) is 14.7 Å². The molecule has 3 rings (SSSR count). The quantitative estimate of drug-likeness (QED) is 0.941. The van der Waals surface area contributed by atoms with Gasteiger partial charge in [0, 0.05) is 12.6 Å². The molecule has 0 radical (unpaired) electrons. The van der Waals surface area contributed by atoms with Gasteiger partial charge in [-0.05, 0) is 36.8 Å². The topological polar surface area (TPSA) is 67.2 Å². The zero-order valence-corrected chi connectivity index (χ0v) is 12.4. The van der Waals surface area contributed by atoms with E-state index in [1.807, 2.05) is 18.2 Å². The Kier molecular flexibility index (Phi) is 4.10. The predicted octanol–water partition coefficient (Wildman–Crippen LogP) is 3.29. The molecule has 0 fully saturated rings. The summed E-state index contributed by atoms with van der Waals surface area (Å²) in [6.45, 7) is 3.42. The van der Waals surface area contributed by atoms with Crippen LogP contribution >= 0.6 is 0 Å². The molecule has 1 N–H and O–H groups in total. The minimum Gasteiger partial charge on any atom is -0.490 e. The normalized spacial score (nSPS) is 14.5. The van der Waals surface area contributed by atoms with Gasteiger partial charge in [0.25, 0.3) is 0 Å². The average Bonchev–Trinajstić information content (AvgIpc) is 2.80.